The predicted molar refractivity (Wildman–Crippen MR) is 129 cm³/mol. The minimum Gasteiger partial charge on any atom is -0.326 e. The van der Waals surface area contributed by atoms with Crippen molar-refractivity contribution in [3.05, 3.63) is 35.8 Å². The molecule has 2 aromatic rings. The number of hydrogen-bond donors (Lipinski definition) is 2. The zero-order valence-corrected chi connectivity index (χ0v) is 21.3. The first-order chi connectivity index (χ1) is 15.8. The van der Waals surface area contributed by atoms with Crippen LogP contribution in [0.4, 0.5) is 0 Å². The fraction of sp³-hybridized carbons (Fsp3) is 0.565. The zero-order valence-electron chi connectivity index (χ0n) is 20.4. The molecule has 10 nitrogen and oxygen atoms in total. The van der Waals surface area contributed by atoms with Crippen LogP contribution in [0.2, 0.25) is 0 Å². The molecule has 34 heavy (non-hydrogen) atoms. The third-order valence-electron chi connectivity index (χ3n) is 5.58. The number of nitrogens with zero attached hydrogens (tertiary/aromatic N) is 5. The highest BCUT2D eigenvalue weighted by Gasteiger charge is 2.29. The number of likely N-dealkylation sites (tertiary alicyclic amines) is 1. The lowest BCUT2D eigenvalue weighted by Crippen LogP contribution is -2.48. The maximum absolute atomic E-state index is 12.5. The Morgan fingerprint density at radius 2 is 2.03 bits per heavy atom. The van der Waals surface area contributed by atoms with E-state index in [0.717, 1.165) is 48.5 Å². The van der Waals surface area contributed by atoms with Crippen LogP contribution in [0.5, 0.6) is 0 Å². The van der Waals surface area contributed by atoms with E-state index in [1.807, 2.05) is 29.9 Å². The molecule has 1 atom stereocenters. The number of carbonyl (C=O) groups excluding carboxylic acids is 1. The van der Waals surface area contributed by atoms with Gasteiger partial charge in [0, 0.05) is 41.8 Å². The number of carbonyl (C=O) groups is 1. The van der Waals surface area contributed by atoms with Gasteiger partial charge in [-0.25, -0.2) is 0 Å². The van der Waals surface area contributed by atoms with Gasteiger partial charge in [-0.2, -0.15) is 18.8 Å². The Bertz CT molecular complexity index is 1110. The maximum Gasteiger partial charge on any atom is 0.261 e. The van der Waals surface area contributed by atoms with E-state index in [4.69, 9.17) is 14.9 Å². The number of nitriles is 1. The molecule has 1 aliphatic heterocycles. The van der Waals surface area contributed by atoms with Crippen LogP contribution >= 0.6 is 0 Å². The molecule has 2 aromatic heterocycles. The van der Waals surface area contributed by atoms with Crippen LogP contribution in [0.25, 0.3) is 11.3 Å². The van der Waals surface area contributed by atoms with Gasteiger partial charge in [0.2, 0.25) is 5.91 Å². The van der Waals surface area contributed by atoms with Crippen LogP contribution in [0, 0.1) is 25.2 Å². The van der Waals surface area contributed by atoms with Crippen molar-refractivity contribution in [1.29, 1.82) is 5.26 Å². The molecular formula is C23H34N6O4S. The molecule has 0 saturated carbocycles. The normalized spacial score (nSPS) is 16.0. The van der Waals surface area contributed by atoms with Gasteiger partial charge in [0.25, 0.3) is 10.1 Å². The van der Waals surface area contributed by atoms with Crippen LogP contribution in [0.1, 0.15) is 44.5 Å². The van der Waals surface area contributed by atoms with Crippen LogP contribution < -0.4 is 5.32 Å². The van der Waals surface area contributed by atoms with Crippen LogP contribution in [0.3, 0.4) is 0 Å². The molecule has 3 heterocycles. The summed E-state index contributed by atoms with van der Waals surface area (Å²) in [7, 11) is -3.67. The summed E-state index contributed by atoms with van der Waals surface area (Å²) < 4.78 is 27.9. The van der Waals surface area contributed by atoms with Crippen molar-refractivity contribution in [3.63, 3.8) is 0 Å². The van der Waals surface area contributed by atoms with Gasteiger partial charge in [0.05, 0.1) is 24.6 Å². The van der Waals surface area contributed by atoms with E-state index >= 15 is 0 Å². The van der Waals surface area contributed by atoms with Gasteiger partial charge < -0.3 is 10.2 Å². The van der Waals surface area contributed by atoms with Crippen molar-refractivity contribution in [1.82, 2.24) is 25.0 Å². The van der Waals surface area contributed by atoms with Crippen molar-refractivity contribution < 1.29 is 17.8 Å². The van der Waals surface area contributed by atoms with Crippen molar-refractivity contribution >= 4 is 16.0 Å². The molecule has 0 unspecified atom stereocenters. The molecule has 0 radical (unpaired) electrons. The lowest BCUT2D eigenvalue weighted by molar-refractivity contribution is -0.130. The lowest BCUT2D eigenvalue weighted by Gasteiger charge is -2.28. The van der Waals surface area contributed by atoms with Gasteiger partial charge in [-0.1, -0.05) is 0 Å². The summed E-state index contributed by atoms with van der Waals surface area (Å²) in [6.07, 6.45) is 5.09. The van der Waals surface area contributed by atoms with Gasteiger partial charge in [-0.05, 0) is 65.2 Å². The molecule has 11 heteroatoms. The summed E-state index contributed by atoms with van der Waals surface area (Å²) in [5.41, 5.74) is 3.80. The zero-order chi connectivity index (χ0) is 25.5. The molecule has 0 aliphatic carbocycles. The minimum atomic E-state index is -3.67. The topological polar surface area (TPSA) is 141 Å². The van der Waals surface area contributed by atoms with Gasteiger partial charge in [-0.15, -0.1) is 0 Å². The summed E-state index contributed by atoms with van der Waals surface area (Å²) in [5, 5.41) is 17.3. The van der Waals surface area contributed by atoms with E-state index in [-0.39, 0.29) is 24.0 Å². The second-order valence-electron chi connectivity index (χ2n) is 9.18. The highest BCUT2D eigenvalue weighted by atomic mass is 32.2. The second kappa shape index (κ2) is 11.6. The average Bonchev–Trinajstić information content (AvgIpc) is 3.36. The number of pyridine rings is 1. The van der Waals surface area contributed by atoms with Crippen LogP contribution in [-0.4, -0.2) is 69.5 Å². The Hall–Kier alpha value is -2.81. The van der Waals surface area contributed by atoms with Crippen LogP contribution in [-0.2, 0) is 21.5 Å². The number of amides is 1. The highest BCUT2D eigenvalue weighted by molar-refractivity contribution is 7.85. The predicted octanol–water partition coefficient (Wildman–Crippen LogP) is 2.34. The van der Waals surface area contributed by atoms with Crippen molar-refractivity contribution in [2.45, 2.75) is 65.1 Å². The fourth-order valence-corrected chi connectivity index (χ4v) is 3.59. The number of nitrogens with one attached hydrogen (secondary N) is 1. The van der Waals surface area contributed by atoms with Gasteiger partial charge >= 0.3 is 0 Å². The van der Waals surface area contributed by atoms with Crippen molar-refractivity contribution in [2.24, 2.45) is 0 Å². The molecule has 0 aromatic carbocycles. The largest absolute Gasteiger partial charge is 0.326 e. The molecule has 2 N–H and O–H groups in total. The monoisotopic (exact) mass is 490 g/mol. The molecule has 0 spiro atoms. The molecule has 1 amide bonds. The van der Waals surface area contributed by atoms with E-state index in [1.54, 1.807) is 4.90 Å². The number of rotatable bonds is 7. The lowest BCUT2D eigenvalue weighted by atomic mass is 10.0. The first-order valence-electron chi connectivity index (χ1n) is 11.1. The molecule has 0 bridgehead atoms. The minimum absolute atomic E-state index is 0.00607. The first-order valence-corrected chi connectivity index (χ1v) is 13.0. The Kier molecular flexibility index (Phi) is 9.32. The number of aryl methyl sites for hydroxylation is 3. The van der Waals surface area contributed by atoms with E-state index in [0.29, 0.717) is 12.8 Å². The van der Waals surface area contributed by atoms with E-state index < -0.39 is 10.1 Å². The summed E-state index contributed by atoms with van der Waals surface area (Å²) in [5.74, 6) is 0.00607. The summed E-state index contributed by atoms with van der Waals surface area (Å²) >= 11 is 0. The average molecular weight is 491 g/mol. The highest BCUT2D eigenvalue weighted by Crippen LogP contribution is 2.20. The second-order valence-corrected chi connectivity index (χ2v) is 10.6. The summed E-state index contributed by atoms with van der Waals surface area (Å²) in [6.45, 7) is 9.90. The molecule has 1 fully saturated rings. The van der Waals surface area contributed by atoms with Gasteiger partial charge in [0.15, 0.2) is 0 Å². The van der Waals surface area contributed by atoms with Crippen molar-refractivity contribution in [2.75, 3.05) is 19.3 Å². The maximum atomic E-state index is 12.5. The Labute approximate surface area is 201 Å². The summed E-state index contributed by atoms with van der Waals surface area (Å²) in [4.78, 5) is 18.5. The molecule has 1 aliphatic rings. The third-order valence-corrected chi connectivity index (χ3v) is 5.58. The Morgan fingerprint density at radius 1 is 1.35 bits per heavy atom. The Morgan fingerprint density at radius 3 is 2.62 bits per heavy atom. The smallest absolute Gasteiger partial charge is 0.261 e. The third kappa shape index (κ3) is 8.85. The standard InChI is InChI=1S/C22H30N6O.CH4O3S/c1-16-7-8-18(14-24-16)20-12-17(2)28(26-20)11-9-22(3,4)25-15-21(29)27-10-5-6-19(27)13-23;1-5(2,3)4/h7-8,12,14,19,25H,5-6,9-11,15H2,1-4H3;1H3,(H,2,3,4)/t19-;/m0./s1. The van der Waals surface area contributed by atoms with Gasteiger partial charge in [0.1, 0.15) is 6.04 Å². The Balaban J connectivity index is 0.000000739. The van der Waals surface area contributed by atoms with Crippen LogP contribution in [0.15, 0.2) is 24.4 Å². The summed E-state index contributed by atoms with van der Waals surface area (Å²) in [6, 6.07) is 8.06. The fourth-order valence-electron chi connectivity index (χ4n) is 3.59. The number of hydrogen-bond acceptors (Lipinski definition) is 7. The van der Waals surface area contributed by atoms with E-state index in [2.05, 4.69) is 43.2 Å². The first kappa shape index (κ1) is 27.4. The van der Waals surface area contributed by atoms with E-state index in [9.17, 15) is 13.2 Å². The molecular weight excluding hydrogens is 456 g/mol. The quantitative estimate of drug-likeness (QED) is 0.563. The van der Waals surface area contributed by atoms with Crippen molar-refractivity contribution in [3.8, 4) is 17.3 Å². The number of aromatic nitrogens is 3. The van der Waals surface area contributed by atoms with Gasteiger partial charge in [-0.3, -0.25) is 19.0 Å². The SMILES string of the molecule is CS(=O)(=O)O.Cc1ccc(-c2cc(C)n(CCC(C)(C)NCC(=O)N3CCC[C@H]3C#N)n2)cn1. The molecule has 186 valence electrons. The van der Waals surface area contributed by atoms with E-state index in [1.165, 1.54) is 0 Å². The molecule has 3 rings (SSSR count). The molecule has 1 saturated heterocycles.